The summed E-state index contributed by atoms with van der Waals surface area (Å²) in [7, 11) is 0. The maximum atomic E-state index is 13.8. The molecule has 1 unspecified atom stereocenters. The maximum Gasteiger partial charge on any atom is 0.318 e. The Morgan fingerprint density at radius 1 is 1.30 bits per heavy atom. The van der Waals surface area contributed by atoms with E-state index >= 15 is 0 Å². The molecule has 9 nitrogen and oxygen atoms in total. The Kier molecular flexibility index (Phi) is 5.65. The first-order chi connectivity index (χ1) is 14.5. The van der Waals surface area contributed by atoms with Gasteiger partial charge in [0, 0.05) is 13.0 Å². The van der Waals surface area contributed by atoms with E-state index in [1.54, 1.807) is 0 Å². The Morgan fingerprint density at radius 3 is 2.87 bits per heavy atom. The fraction of sp³-hybridized carbons (Fsp3) is 0.333. The quantitative estimate of drug-likeness (QED) is 0.591. The number of nitrogens with one attached hydrogen (secondary N) is 1. The van der Waals surface area contributed by atoms with Gasteiger partial charge >= 0.3 is 6.01 Å². The van der Waals surface area contributed by atoms with Crippen molar-refractivity contribution in [2.75, 3.05) is 18.5 Å². The third-order valence-electron chi connectivity index (χ3n) is 4.06. The first-order valence-electron chi connectivity index (χ1n) is 8.99. The second kappa shape index (κ2) is 8.53. The lowest BCUT2D eigenvalue weighted by Gasteiger charge is -2.27. The minimum Gasteiger partial charge on any atom is -0.458 e. The van der Waals surface area contributed by atoms with Gasteiger partial charge in [-0.25, -0.2) is 22.8 Å². The third-order valence-corrected chi connectivity index (χ3v) is 4.06. The SMILES string of the molecule is CC(F)Oc1cc(-n2cc(COc3ncc(F)c(NC4COC4)n3)nn2)ccc1F. The number of ether oxygens (including phenoxy) is 3. The van der Waals surface area contributed by atoms with E-state index in [-0.39, 0.29) is 30.2 Å². The first-order valence-corrected chi connectivity index (χ1v) is 8.99. The van der Waals surface area contributed by atoms with E-state index in [1.807, 2.05) is 0 Å². The van der Waals surface area contributed by atoms with E-state index in [0.29, 0.717) is 24.6 Å². The van der Waals surface area contributed by atoms with Crippen LogP contribution in [0.15, 0.2) is 30.6 Å². The van der Waals surface area contributed by atoms with Crippen LogP contribution in [0.4, 0.5) is 19.0 Å². The van der Waals surface area contributed by atoms with Gasteiger partial charge in [-0.3, -0.25) is 0 Å². The number of hydrogen-bond acceptors (Lipinski definition) is 8. The van der Waals surface area contributed by atoms with Gasteiger partial charge < -0.3 is 19.5 Å². The molecule has 0 spiro atoms. The summed E-state index contributed by atoms with van der Waals surface area (Å²) in [6.45, 7) is 2.06. The molecule has 1 fully saturated rings. The summed E-state index contributed by atoms with van der Waals surface area (Å²) in [5, 5.41) is 10.8. The molecule has 2 aromatic heterocycles. The minimum atomic E-state index is -1.67. The molecule has 1 aromatic carbocycles. The van der Waals surface area contributed by atoms with Crippen LogP contribution in [0.5, 0.6) is 11.8 Å². The molecule has 1 aliphatic rings. The fourth-order valence-corrected chi connectivity index (χ4v) is 2.56. The second-order valence-electron chi connectivity index (χ2n) is 6.45. The van der Waals surface area contributed by atoms with Crippen LogP contribution in [0.25, 0.3) is 5.69 Å². The zero-order valence-corrected chi connectivity index (χ0v) is 15.8. The number of anilines is 1. The van der Waals surface area contributed by atoms with Gasteiger partial charge in [-0.05, 0) is 12.1 Å². The van der Waals surface area contributed by atoms with Gasteiger partial charge in [0.05, 0.1) is 37.3 Å². The van der Waals surface area contributed by atoms with Gasteiger partial charge in [0.2, 0.25) is 6.36 Å². The molecule has 1 saturated heterocycles. The highest BCUT2D eigenvalue weighted by atomic mass is 19.1. The molecular formula is C18H17F3N6O3. The molecule has 0 bridgehead atoms. The van der Waals surface area contributed by atoms with E-state index in [1.165, 1.54) is 23.0 Å². The molecule has 0 aliphatic carbocycles. The molecule has 0 amide bonds. The van der Waals surface area contributed by atoms with E-state index in [2.05, 4.69) is 25.6 Å². The lowest BCUT2D eigenvalue weighted by atomic mass is 10.2. The molecule has 3 aromatic rings. The molecule has 1 aliphatic heterocycles. The van der Waals surface area contributed by atoms with E-state index in [4.69, 9.17) is 14.2 Å². The van der Waals surface area contributed by atoms with E-state index in [0.717, 1.165) is 19.2 Å². The summed E-state index contributed by atoms with van der Waals surface area (Å²) in [4.78, 5) is 7.79. The third kappa shape index (κ3) is 4.59. The molecular weight excluding hydrogens is 405 g/mol. The van der Waals surface area contributed by atoms with Crippen molar-refractivity contribution >= 4 is 5.82 Å². The molecule has 3 heterocycles. The van der Waals surface area contributed by atoms with Crippen molar-refractivity contribution in [3.8, 4) is 17.4 Å². The highest BCUT2D eigenvalue weighted by molar-refractivity contribution is 5.40. The van der Waals surface area contributed by atoms with Crippen LogP contribution in [0.1, 0.15) is 12.6 Å². The maximum absolute atomic E-state index is 13.8. The van der Waals surface area contributed by atoms with E-state index < -0.39 is 18.0 Å². The van der Waals surface area contributed by atoms with Crippen LogP contribution in [0, 0.1) is 11.6 Å². The van der Waals surface area contributed by atoms with Crippen molar-refractivity contribution in [1.82, 2.24) is 25.0 Å². The van der Waals surface area contributed by atoms with Crippen molar-refractivity contribution in [3.05, 3.63) is 47.9 Å². The number of alkyl halides is 1. The summed E-state index contributed by atoms with van der Waals surface area (Å²) in [6.07, 6.45) is 0.874. The standard InChI is InChI=1S/C18H17F3N6O3/c1-10(19)30-16-4-13(2-3-14(16)20)27-6-11(25-26-27)9-29-18-22-5-15(21)17(24-18)23-12-7-28-8-12/h2-6,10,12H,7-9H2,1H3,(H,22,23,24). The van der Waals surface area contributed by atoms with Crippen molar-refractivity contribution in [3.63, 3.8) is 0 Å². The average Bonchev–Trinajstić information content (AvgIpc) is 3.15. The number of rotatable bonds is 8. The highest BCUT2D eigenvalue weighted by Gasteiger charge is 2.21. The van der Waals surface area contributed by atoms with Crippen molar-refractivity contribution in [2.24, 2.45) is 0 Å². The molecule has 4 rings (SSSR count). The summed E-state index contributed by atoms with van der Waals surface area (Å²) < 4.78 is 57.2. The number of benzene rings is 1. The Morgan fingerprint density at radius 2 is 2.13 bits per heavy atom. The predicted octanol–water partition coefficient (Wildman–Crippen LogP) is 2.42. The fourth-order valence-electron chi connectivity index (χ4n) is 2.56. The Labute approximate surface area is 168 Å². The summed E-state index contributed by atoms with van der Waals surface area (Å²) in [6, 6.07) is 3.83. The number of aromatic nitrogens is 5. The zero-order valence-electron chi connectivity index (χ0n) is 15.8. The normalized spacial score (nSPS) is 14.8. The van der Waals surface area contributed by atoms with Gasteiger partial charge in [0.1, 0.15) is 12.3 Å². The zero-order chi connectivity index (χ0) is 21.1. The summed E-state index contributed by atoms with van der Waals surface area (Å²) >= 11 is 0. The summed E-state index contributed by atoms with van der Waals surface area (Å²) in [5.74, 6) is -1.51. The number of halogens is 3. The van der Waals surface area contributed by atoms with Crippen LogP contribution >= 0.6 is 0 Å². The molecule has 0 saturated carbocycles. The van der Waals surface area contributed by atoms with Gasteiger partial charge in [-0.15, -0.1) is 5.10 Å². The van der Waals surface area contributed by atoms with Crippen LogP contribution in [-0.4, -0.2) is 50.6 Å². The lowest BCUT2D eigenvalue weighted by Crippen LogP contribution is -2.40. The number of nitrogens with zero attached hydrogens (tertiary/aromatic N) is 5. The topological polar surface area (TPSA) is 96.2 Å². The van der Waals surface area contributed by atoms with Crippen molar-refractivity contribution in [2.45, 2.75) is 25.9 Å². The van der Waals surface area contributed by atoms with Gasteiger partial charge in [0.15, 0.2) is 23.2 Å². The van der Waals surface area contributed by atoms with Crippen LogP contribution < -0.4 is 14.8 Å². The van der Waals surface area contributed by atoms with Crippen molar-refractivity contribution < 1.29 is 27.4 Å². The Hall–Kier alpha value is -3.41. The number of hydrogen-bond donors (Lipinski definition) is 1. The minimum absolute atomic E-state index is 0.00730. The van der Waals surface area contributed by atoms with Gasteiger partial charge in [-0.1, -0.05) is 5.21 Å². The predicted molar refractivity (Wildman–Crippen MR) is 97.1 cm³/mol. The molecule has 12 heteroatoms. The van der Waals surface area contributed by atoms with E-state index in [9.17, 15) is 13.2 Å². The smallest absolute Gasteiger partial charge is 0.318 e. The molecule has 1 N–H and O–H groups in total. The van der Waals surface area contributed by atoms with Crippen LogP contribution in [-0.2, 0) is 11.3 Å². The first kappa shape index (κ1) is 19.9. The molecule has 30 heavy (non-hydrogen) atoms. The Bertz CT molecular complexity index is 1030. The monoisotopic (exact) mass is 422 g/mol. The van der Waals surface area contributed by atoms with Crippen LogP contribution in [0.3, 0.4) is 0 Å². The highest BCUT2D eigenvalue weighted by Crippen LogP contribution is 2.23. The molecule has 158 valence electrons. The van der Waals surface area contributed by atoms with Crippen molar-refractivity contribution in [1.29, 1.82) is 0 Å². The molecule has 0 radical (unpaired) electrons. The average molecular weight is 422 g/mol. The summed E-state index contributed by atoms with van der Waals surface area (Å²) in [5.41, 5.74) is 0.827. The Balaban J connectivity index is 1.42. The van der Waals surface area contributed by atoms with Gasteiger partial charge in [0.25, 0.3) is 0 Å². The largest absolute Gasteiger partial charge is 0.458 e. The lowest BCUT2D eigenvalue weighted by molar-refractivity contribution is 0.0208. The second-order valence-corrected chi connectivity index (χ2v) is 6.45. The van der Waals surface area contributed by atoms with Gasteiger partial charge in [-0.2, -0.15) is 4.98 Å². The van der Waals surface area contributed by atoms with Crippen LogP contribution in [0.2, 0.25) is 0 Å². The molecule has 1 atom stereocenters.